The highest BCUT2D eigenvalue weighted by Crippen LogP contribution is 2.35. The smallest absolute Gasteiger partial charge is 0.273 e. The number of hydrogen-bond donors (Lipinski definition) is 0. The Kier molecular flexibility index (Phi) is 3.57. The predicted molar refractivity (Wildman–Crippen MR) is 73.1 cm³/mol. The maximum absolute atomic E-state index is 5.93. The van der Waals surface area contributed by atoms with Gasteiger partial charge in [-0.1, -0.05) is 0 Å². The van der Waals surface area contributed by atoms with Crippen molar-refractivity contribution in [2.24, 2.45) is 0 Å². The maximum atomic E-state index is 5.93. The highest BCUT2D eigenvalue weighted by atomic mass is 32.1. The number of hydrogen-bond acceptors (Lipinski definition) is 8. The minimum Gasteiger partial charge on any atom is -0.439 e. The summed E-state index contributed by atoms with van der Waals surface area (Å²) in [6.07, 6.45) is 0. The molecule has 3 rings (SSSR count). The summed E-state index contributed by atoms with van der Waals surface area (Å²) in [5.74, 6) is -0.217. The molecule has 7 nitrogen and oxygen atoms in total. The van der Waals surface area contributed by atoms with Gasteiger partial charge in [0.1, 0.15) is 6.61 Å². The summed E-state index contributed by atoms with van der Waals surface area (Å²) in [6.45, 7) is 8.92. The van der Waals surface area contributed by atoms with E-state index in [0.29, 0.717) is 25.7 Å². The van der Waals surface area contributed by atoms with E-state index < -0.39 is 11.6 Å². The molecule has 0 amide bonds. The van der Waals surface area contributed by atoms with Gasteiger partial charge in [-0.3, -0.25) is 0 Å². The zero-order valence-electron chi connectivity index (χ0n) is 11.9. The first kappa shape index (κ1) is 14.0. The highest BCUT2D eigenvalue weighted by molar-refractivity contribution is 6.99. The van der Waals surface area contributed by atoms with E-state index in [1.165, 1.54) is 0 Å². The molecule has 20 heavy (non-hydrogen) atoms. The van der Waals surface area contributed by atoms with Crippen molar-refractivity contribution >= 4 is 17.5 Å². The van der Waals surface area contributed by atoms with E-state index >= 15 is 0 Å². The summed E-state index contributed by atoms with van der Waals surface area (Å²) < 4.78 is 31.2. The molecule has 112 valence electrons. The van der Waals surface area contributed by atoms with Gasteiger partial charge in [-0.25, -0.2) is 0 Å². The lowest BCUT2D eigenvalue weighted by molar-refractivity contribution is -0.210. The Bertz CT molecular complexity index is 475. The van der Waals surface area contributed by atoms with Gasteiger partial charge in [-0.05, 0) is 13.8 Å². The Morgan fingerprint density at radius 2 is 1.95 bits per heavy atom. The van der Waals surface area contributed by atoms with Crippen LogP contribution in [0.5, 0.6) is 5.88 Å². The summed E-state index contributed by atoms with van der Waals surface area (Å²) in [5, 5.41) is 0. The fraction of sp³-hybridized carbons (Fsp3) is 0.833. The summed E-state index contributed by atoms with van der Waals surface area (Å²) >= 11 is 1.14. The fourth-order valence-electron chi connectivity index (χ4n) is 2.35. The molecule has 1 aromatic rings. The van der Waals surface area contributed by atoms with Crippen LogP contribution in [0.4, 0.5) is 5.82 Å². The van der Waals surface area contributed by atoms with Crippen LogP contribution in [0.3, 0.4) is 0 Å². The van der Waals surface area contributed by atoms with Crippen LogP contribution >= 0.6 is 11.7 Å². The van der Waals surface area contributed by atoms with Crippen molar-refractivity contribution in [1.82, 2.24) is 8.75 Å². The molecule has 0 spiro atoms. The van der Waals surface area contributed by atoms with Gasteiger partial charge < -0.3 is 23.8 Å². The van der Waals surface area contributed by atoms with Crippen molar-refractivity contribution in [3.05, 3.63) is 0 Å². The molecular formula is C12H19N3O4S. The molecule has 2 aliphatic rings. The van der Waals surface area contributed by atoms with Crippen LogP contribution in [0.25, 0.3) is 0 Å². The SMILES string of the molecule is CC1(C)OCC(C)(Oc2nsnc2N2CCOCC2)O1. The van der Waals surface area contributed by atoms with Crippen molar-refractivity contribution in [3.8, 4) is 5.88 Å². The van der Waals surface area contributed by atoms with Crippen molar-refractivity contribution in [2.75, 3.05) is 37.8 Å². The zero-order chi connectivity index (χ0) is 14.2. The third-order valence-electron chi connectivity index (χ3n) is 3.21. The minimum atomic E-state index is -0.833. The topological polar surface area (TPSA) is 65.9 Å². The second-order valence-electron chi connectivity index (χ2n) is 5.52. The monoisotopic (exact) mass is 301 g/mol. The predicted octanol–water partition coefficient (Wildman–Crippen LogP) is 1.25. The Hall–Kier alpha value is -0.960. The third kappa shape index (κ3) is 2.88. The van der Waals surface area contributed by atoms with E-state index in [1.807, 2.05) is 20.8 Å². The number of morpholine rings is 1. The van der Waals surface area contributed by atoms with E-state index in [2.05, 4.69) is 13.6 Å². The van der Waals surface area contributed by atoms with Crippen LogP contribution in [0, 0.1) is 0 Å². The normalized spacial score (nSPS) is 29.6. The molecule has 0 aromatic carbocycles. The number of nitrogens with zero attached hydrogens (tertiary/aromatic N) is 3. The van der Waals surface area contributed by atoms with E-state index in [-0.39, 0.29) is 0 Å². The second-order valence-corrected chi connectivity index (χ2v) is 6.05. The second kappa shape index (κ2) is 5.10. The number of ether oxygens (including phenoxy) is 4. The first-order valence-electron chi connectivity index (χ1n) is 6.66. The Morgan fingerprint density at radius 3 is 2.60 bits per heavy atom. The largest absolute Gasteiger partial charge is 0.439 e. The molecule has 0 bridgehead atoms. The Labute approximate surface area is 122 Å². The van der Waals surface area contributed by atoms with Crippen molar-refractivity contribution in [3.63, 3.8) is 0 Å². The minimum absolute atomic E-state index is 0.361. The molecule has 2 aliphatic heterocycles. The van der Waals surface area contributed by atoms with Crippen LogP contribution in [-0.2, 0) is 14.2 Å². The molecule has 1 aromatic heterocycles. The fourth-order valence-corrected chi connectivity index (χ4v) is 2.85. The lowest BCUT2D eigenvalue weighted by Crippen LogP contribution is -2.39. The van der Waals surface area contributed by atoms with Crippen LogP contribution in [0.15, 0.2) is 0 Å². The molecule has 2 saturated heterocycles. The van der Waals surface area contributed by atoms with Crippen LogP contribution in [0.2, 0.25) is 0 Å². The number of rotatable bonds is 3. The Balaban J connectivity index is 1.73. The van der Waals surface area contributed by atoms with Crippen molar-refractivity contribution < 1.29 is 18.9 Å². The highest BCUT2D eigenvalue weighted by Gasteiger charge is 2.45. The molecule has 8 heteroatoms. The van der Waals surface area contributed by atoms with Gasteiger partial charge in [0.15, 0.2) is 5.79 Å². The van der Waals surface area contributed by atoms with Gasteiger partial charge in [0.05, 0.1) is 24.9 Å². The van der Waals surface area contributed by atoms with E-state index in [9.17, 15) is 0 Å². The van der Waals surface area contributed by atoms with Gasteiger partial charge in [0.25, 0.3) is 5.88 Å². The Morgan fingerprint density at radius 1 is 1.20 bits per heavy atom. The van der Waals surface area contributed by atoms with Gasteiger partial charge in [0.2, 0.25) is 11.6 Å². The number of anilines is 1. The summed E-state index contributed by atoms with van der Waals surface area (Å²) in [4.78, 5) is 2.12. The van der Waals surface area contributed by atoms with Crippen molar-refractivity contribution in [1.29, 1.82) is 0 Å². The zero-order valence-corrected chi connectivity index (χ0v) is 12.7. The molecule has 0 radical (unpaired) electrons. The van der Waals surface area contributed by atoms with E-state index in [1.54, 1.807) is 0 Å². The first-order valence-corrected chi connectivity index (χ1v) is 7.39. The van der Waals surface area contributed by atoms with Gasteiger partial charge in [0, 0.05) is 20.0 Å². The molecule has 1 unspecified atom stereocenters. The quantitative estimate of drug-likeness (QED) is 0.832. The standard InChI is InChI=1S/C12H19N3O4S/c1-11(2)17-8-12(3,19-11)18-10-9(13-20-14-10)15-4-6-16-7-5-15/h4-8H2,1-3H3. The average Bonchev–Trinajstić information content (AvgIpc) is 2.95. The lowest BCUT2D eigenvalue weighted by Gasteiger charge is -2.29. The summed E-state index contributed by atoms with van der Waals surface area (Å²) in [5.41, 5.74) is 0. The maximum Gasteiger partial charge on any atom is 0.273 e. The molecule has 1 atom stereocenters. The first-order chi connectivity index (χ1) is 9.48. The molecule has 0 aliphatic carbocycles. The van der Waals surface area contributed by atoms with Gasteiger partial charge in [-0.15, -0.1) is 4.37 Å². The van der Waals surface area contributed by atoms with Crippen LogP contribution in [0.1, 0.15) is 20.8 Å². The molecule has 0 saturated carbocycles. The molecular weight excluding hydrogens is 282 g/mol. The summed E-state index contributed by atoms with van der Waals surface area (Å²) in [7, 11) is 0. The lowest BCUT2D eigenvalue weighted by atomic mass is 10.3. The average molecular weight is 301 g/mol. The van der Waals surface area contributed by atoms with E-state index in [4.69, 9.17) is 18.9 Å². The van der Waals surface area contributed by atoms with E-state index in [0.717, 1.165) is 30.6 Å². The van der Waals surface area contributed by atoms with Crippen LogP contribution in [-0.4, -0.2) is 53.2 Å². The third-order valence-corrected chi connectivity index (χ3v) is 3.71. The van der Waals surface area contributed by atoms with Crippen LogP contribution < -0.4 is 9.64 Å². The number of aromatic nitrogens is 2. The molecule has 3 heterocycles. The van der Waals surface area contributed by atoms with Gasteiger partial charge >= 0.3 is 0 Å². The molecule has 2 fully saturated rings. The van der Waals surface area contributed by atoms with Gasteiger partial charge in [-0.2, -0.15) is 4.37 Å². The molecule has 0 N–H and O–H groups in total. The summed E-state index contributed by atoms with van der Waals surface area (Å²) in [6, 6.07) is 0. The van der Waals surface area contributed by atoms with Crippen molar-refractivity contribution in [2.45, 2.75) is 32.3 Å².